The number of amides is 1. The van der Waals surface area contributed by atoms with Crippen LogP contribution in [0, 0.1) is 0 Å². The van der Waals surface area contributed by atoms with E-state index in [-0.39, 0.29) is 11.7 Å². The van der Waals surface area contributed by atoms with Crippen molar-refractivity contribution in [1.29, 1.82) is 0 Å². The fourth-order valence-corrected chi connectivity index (χ4v) is 3.12. The summed E-state index contributed by atoms with van der Waals surface area (Å²) in [5.41, 5.74) is 1.69. The van der Waals surface area contributed by atoms with E-state index in [1.165, 1.54) is 11.8 Å². The Bertz CT molecular complexity index is 933. The second kappa shape index (κ2) is 7.13. The predicted molar refractivity (Wildman–Crippen MR) is 99.3 cm³/mol. The van der Waals surface area contributed by atoms with Gasteiger partial charge in [-0.25, -0.2) is 0 Å². The summed E-state index contributed by atoms with van der Waals surface area (Å²) < 4.78 is 7.17. The molecule has 1 aromatic carbocycles. The van der Waals surface area contributed by atoms with Crippen molar-refractivity contribution in [1.82, 2.24) is 20.0 Å². The Kier molecular flexibility index (Phi) is 4.69. The van der Waals surface area contributed by atoms with Gasteiger partial charge in [0.05, 0.1) is 11.4 Å². The highest BCUT2D eigenvalue weighted by molar-refractivity contribution is 7.99. The first-order valence-corrected chi connectivity index (χ1v) is 9.51. The topological polar surface area (TPSA) is 85.8 Å². The van der Waals surface area contributed by atoms with Crippen LogP contribution >= 0.6 is 23.4 Å². The number of nitrogens with one attached hydrogen (secondary N) is 1. The van der Waals surface area contributed by atoms with Gasteiger partial charge in [-0.2, -0.15) is 5.10 Å². The number of carbonyl (C=O) groups excluding carboxylic acids is 1. The molecule has 9 heteroatoms. The van der Waals surface area contributed by atoms with E-state index < -0.39 is 0 Å². The lowest BCUT2D eigenvalue weighted by Crippen LogP contribution is -2.16. The maximum absolute atomic E-state index is 12.2. The van der Waals surface area contributed by atoms with E-state index >= 15 is 0 Å². The molecule has 2 heterocycles. The molecular formula is C17H16ClN5O2S. The number of benzene rings is 1. The molecule has 1 fully saturated rings. The largest absolute Gasteiger partial charge is 0.416 e. The Morgan fingerprint density at radius 2 is 2.12 bits per heavy atom. The normalized spacial score (nSPS) is 13.8. The van der Waals surface area contributed by atoms with Crippen molar-refractivity contribution in [2.45, 2.75) is 24.0 Å². The van der Waals surface area contributed by atoms with Crippen molar-refractivity contribution in [2.24, 2.45) is 7.05 Å². The first-order valence-electron chi connectivity index (χ1n) is 8.14. The highest BCUT2D eigenvalue weighted by Gasteiger charge is 2.29. The quantitative estimate of drug-likeness (QED) is 0.646. The van der Waals surface area contributed by atoms with Gasteiger partial charge >= 0.3 is 0 Å². The highest BCUT2D eigenvalue weighted by atomic mass is 35.5. The van der Waals surface area contributed by atoms with Crippen LogP contribution in [0.15, 0.2) is 40.0 Å². The van der Waals surface area contributed by atoms with Crippen LogP contribution in [0.5, 0.6) is 0 Å². The van der Waals surface area contributed by atoms with E-state index in [2.05, 4.69) is 20.6 Å². The summed E-state index contributed by atoms with van der Waals surface area (Å²) >= 11 is 7.14. The summed E-state index contributed by atoms with van der Waals surface area (Å²) in [5, 5.41) is 16.3. The number of aromatic nitrogens is 4. The molecule has 0 radical (unpaired) electrons. The molecule has 0 saturated heterocycles. The molecule has 0 atom stereocenters. The van der Waals surface area contributed by atoms with Crippen LogP contribution in [0.1, 0.15) is 24.7 Å². The van der Waals surface area contributed by atoms with E-state index in [0.717, 1.165) is 24.1 Å². The molecule has 0 bridgehead atoms. The molecule has 26 heavy (non-hydrogen) atoms. The standard InChI is InChI=1S/C17H16ClN5O2S/c1-23-14(8-13(22-23)10-4-6-12(18)7-5-10)19-15(24)9-26-17-21-20-16(25-17)11-2-3-11/h4-8,11H,2-3,9H2,1H3,(H,19,24). The molecule has 0 spiro atoms. The summed E-state index contributed by atoms with van der Waals surface area (Å²) in [7, 11) is 1.78. The predicted octanol–water partition coefficient (Wildman–Crippen LogP) is 3.73. The number of thioether (sulfide) groups is 1. The summed E-state index contributed by atoms with van der Waals surface area (Å²) in [4.78, 5) is 12.2. The Morgan fingerprint density at radius 3 is 2.85 bits per heavy atom. The summed E-state index contributed by atoms with van der Waals surface area (Å²) in [6, 6.07) is 9.21. The number of hydrogen-bond donors (Lipinski definition) is 1. The van der Waals surface area contributed by atoms with Gasteiger partial charge in [-0.3, -0.25) is 9.48 Å². The SMILES string of the molecule is Cn1nc(-c2ccc(Cl)cc2)cc1NC(=O)CSc1nnc(C2CC2)o1. The zero-order chi connectivity index (χ0) is 18.1. The number of halogens is 1. The minimum atomic E-state index is -0.160. The Hall–Kier alpha value is -2.32. The minimum absolute atomic E-state index is 0.160. The fourth-order valence-electron chi connectivity index (χ4n) is 2.43. The van der Waals surface area contributed by atoms with Gasteiger partial charge in [-0.15, -0.1) is 10.2 Å². The molecular weight excluding hydrogens is 374 g/mol. The number of hydrogen-bond acceptors (Lipinski definition) is 6. The molecule has 1 N–H and O–H groups in total. The molecule has 1 aliphatic rings. The van der Waals surface area contributed by atoms with Crippen molar-refractivity contribution >= 4 is 35.1 Å². The number of nitrogens with zero attached hydrogens (tertiary/aromatic N) is 4. The van der Waals surface area contributed by atoms with Crippen LogP contribution in [-0.4, -0.2) is 31.6 Å². The van der Waals surface area contributed by atoms with Crippen LogP contribution in [-0.2, 0) is 11.8 Å². The van der Waals surface area contributed by atoms with Crippen molar-refractivity contribution in [3.8, 4) is 11.3 Å². The molecule has 7 nitrogen and oxygen atoms in total. The van der Waals surface area contributed by atoms with E-state index in [0.29, 0.717) is 27.9 Å². The zero-order valence-corrected chi connectivity index (χ0v) is 15.5. The minimum Gasteiger partial charge on any atom is -0.416 e. The van der Waals surface area contributed by atoms with Crippen LogP contribution in [0.4, 0.5) is 5.82 Å². The van der Waals surface area contributed by atoms with E-state index in [9.17, 15) is 4.79 Å². The van der Waals surface area contributed by atoms with Crippen molar-refractivity contribution in [3.63, 3.8) is 0 Å². The Morgan fingerprint density at radius 1 is 1.35 bits per heavy atom. The van der Waals surface area contributed by atoms with Gasteiger partial charge in [0.2, 0.25) is 11.8 Å². The van der Waals surface area contributed by atoms with Crippen LogP contribution in [0.2, 0.25) is 5.02 Å². The summed E-state index contributed by atoms with van der Waals surface area (Å²) in [5.74, 6) is 1.73. The van der Waals surface area contributed by atoms with Crippen molar-refractivity contribution in [3.05, 3.63) is 41.2 Å². The third-order valence-electron chi connectivity index (χ3n) is 3.96. The Balaban J connectivity index is 1.36. The lowest BCUT2D eigenvalue weighted by molar-refractivity contribution is -0.113. The first-order chi connectivity index (χ1) is 12.6. The third kappa shape index (κ3) is 3.91. The second-order valence-electron chi connectivity index (χ2n) is 6.06. The molecule has 1 aliphatic carbocycles. The van der Waals surface area contributed by atoms with Gasteiger partial charge < -0.3 is 9.73 Å². The van der Waals surface area contributed by atoms with E-state index in [4.69, 9.17) is 16.0 Å². The fraction of sp³-hybridized carbons (Fsp3) is 0.294. The van der Waals surface area contributed by atoms with E-state index in [1.54, 1.807) is 23.9 Å². The van der Waals surface area contributed by atoms with Crippen LogP contribution < -0.4 is 5.32 Å². The number of rotatable bonds is 6. The monoisotopic (exact) mass is 389 g/mol. The summed E-state index contributed by atoms with van der Waals surface area (Å²) in [6.45, 7) is 0. The molecule has 1 saturated carbocycles. The molecule has 1 amide bonds. The zero-order valence-electron chi connectivity index (χ0n) is 14.0. The maximum Gasteiger partial charge on any atom is 0.277 e. The first kappa shape index (κ1) is 17.1. The molecule has 3 aromatic rings. The van der Waals surface area contributed by atoms with Gasteiger partial charge in [0, 0.05) is 29.6 Å². The lowest BCUT2D eigenvalue weighted by atomic mass is 10.1. The molecule has 0 unspecified atom stereocenters. The van der Waals surface area contributed by atoms with Gasteiger partial charge in [-0.05, 0) is 25.0 Å². The Labute approximate surface area is 159 Å². The van der Waals surface area contributed by atoms with E-state index in [1.807, 2.05) is 18.2 Å². The van der Waals surface area contributed by atoms with Gasteiger partial charge in [0.15, 0.2) is 0 Å². The number of carbonyl (C=O) groups is 1. The van der Waals surface area contributed by atoms with Crippen LogP contribution in [0.25, 0.3) is 11.3 Å². The smallest absolute Gasteiger partial charge is 0.277 e. The molecule has 134 valence electrons. The highest BCUT2D eigenvalue weighted by Crippen LogP contribution is 2.39. The van der Waals surface area contributed by atoms with Gasteiger partial charge in [0.1, 0.15) is 5.82 Å². The van der Waals surface area contributed by atoms with Gasteiger partial charge in [-0.1, -0.05) is 35.5 Å². The van der Waals surface area contributed by atoms with Crippen molar-refractivity contribution < 1.29 is 9.21 Å². The molecule has 2 aromatic heterocycles. The van der Waals surface area contributed by atoms with Crippen molar-refractivity contribution in [2.75, 3.05) is 11.1 Å². The average molecular weight is 390 g/mol. The maximum atomic E-state index is 12.2. The van der Waals surface area contributed by atoms with Gasteiger partial charge in [0.25, 0.3) is 5.22 Å². The third-order valence-corrected chi connectivity index (χ3v) is 5.03. The number of aryl methyl sites for hydroxylation is 1. The second-order valence-corrected chi connectivity index (χ2v) is 7.43. The van der Waals surface area contributed by atoms with Crippen LogP contribution in [0.3, 0.4) is 0 Å². The molecule has 0 aliphatic heterocycles. The lowest BCUT2D eigenvalue weighted by Gasteiger charge is -2.03. The number of anilines is 1. The average Bonchev–Trinajstić information content (AvgIpc) is 3.26. The molecule has 4 rings (SSSR count). The summed E-state index contributed by atoms with van der Waals surface area (Å²) in [6.07, 6.45) is 2.20.